The lowest BCUT2D eigenvalue weighted by molar-refractivity contribution is -0.131. The highest BCUT2D eigenvalue weighted by molar-refractivity contribution is 5.96. The Kier molecular flexibility index (Phi) is 5.31. The third-order valence-electron chi connectivity index (χ3n) is 4.00. The van der Waals surface area contributed by atoms with Crippen molar-refractivity contribution in [3.8, 4) is 0 Å². The van der Waals surface area contributed by atoms with Crippen LogP contribution in [0.3, 0.4) is 0 Å². The quantitative estimate of drug-likeness (QED) is 0.926. The third-order valence-corrected chi connectivity index (χ3v) is 4.00. The number of hydrogen-bond donors (Lipinski definition) is 1. The molecule has 0 aliphatic heterocycles. The van der Waals surface area contributed by atoms with Crippen molar-refractivity contribution in [1.82, 2.24) is 10.2 Å². The average Bonchev–Trinajstić information content (AvgIpc) is 2.52. The van der Waals surface area contributed by atoms with Crippen molar-refractivity contribution in [2.24, 2.45) is 0 Å². The van der Waals surface area contributed by atoms with Gasteiger partial charge >= 0.3 is 0 Å². The number of rotatable bonds is 4. The summed E-state index contributed by atoms with van der Waals surface area (Å²) in [7, 11) is 1.78. The summed E-state index contributed by atoms with van der Waals surface area (Å²) in [5, 5.41) is 2.55. The van der Waals surface area contributed by atoms with Crippen molar-refractivity contribution in [2.45, 2.75) is 38.1 Å². The molecule has 1 N–H and O–H groups in total. The normalized spacial score (nSPS) is 15.5. The smallest absolute Gasteiger partial charge is 0.251 e. The number of likely N-dealkylation sites (N-methyl/N-ethyl adjacent to an activating group) is 1. The molecule has 0 bridgehead atoms. The van der Waals surface area contributed by atoms with E-state index in [0.29, 0.717) is 0 Å². The minimum atomic E-state index is -0.465. The largest absolute Gasteiger partial charge is 0.343 e. The minimum Gasteiger partial charge on any atom is -0.343 e. The van der Waals surface area contributed by atoms with Gasteiger partial charge in [0.1, 0.15) is 5.82 Å². The molecule has 21 heavy (non-hydrogen) atoms. The van der Waals surface area contributed by atoms with Crippen LogP contribution in [0.4, 0.5) is 4.39 Å². The second-order valence-electron chi connectivity index (χ2n) is 5.49. The molecule has 1 aromatic rings. The highest BCUT2D eigenvalue weighted by Crippen LogP contribution is 2.21. The van der Waals surface area contributed by atoms with Crippen LogP contribution in [0, 0.1) is 5.82 Å². The maximum absolute atomic E-state index is 13.0. The van der Waals surface area contributed by atoms with Crippen LogP contribution in [0.15, 0.2) is 24.3 Å². The molecule has 2 rings (SSSR count). The maximum atomic E-state index is 13.0. The molecule has 1 fully saturated rings. The Balaban J connectivity index is 1.84. The summed E-state index contributed by atoms with van der Waals surface area (Å²) in [6.45, 7) is -0.0532. The number of benzene rings is 1. The van der Waals surface area contributed by atoms with E-state index in [-0.39, 0.29) is 24.1 Å². The van der Waals surface area contributed by atoms with Crippen LogP contribution in [-0.2, 0) is 4.79 Å². The summed E-state index contributed by atoms with van der Waals surface area (Å²) in [6, 6.07) is 5.70. The number of nitrogens with zero attached hydrogens (tertiary/aromatic N) is 1. The first-order chi connectivity index (χ1) is 10.1. The van der Waals surface area contributed by atoms with Gasteiger partial charge in [0.2, 0.25) is 5.91 Å². The second kappa shape index (κ2) is 7.20. The van der Waals surface area contributed by atoms with E-state index in [2.05, 4.69) is 5.32 Å². The lowest BCUT2D eigenvalue weighted by Gasteiger charge is -2.31. The fourth-order valence-electron chi connectivity index (χ4n) is 2.68. The molecule has 5 heteroatoms. The Bertz CT molecular complexity index is 513. The van der Waals surface area contributed by atoms with Crippen molar-refractivity contribution in [3.05, 3.63) is 35.6 Å². The highest BCUT2D eigenvalue weighted by Gasteiger charge is 2.22. The van der Waals surface area contributed by atoms with Gasteiger partial charge in [-0.05, 0) is 31.0 Å². The monoisotopic (exact) mass is 292 g/mol. The first kappa shape index (κ1) is 15.5. The Labute approximate surface area is 124 Å². The summed E-state index contributed by atoms with van der Waals surface area (Å²) in [4.78, 5) is 25.7. The lowest BCUT2D eigenvalue weighted by atomic mass is 9.94. The molecule has 0 saturated heterocycles. The second-order valence-corrected chi connectivity index (χ2v) is 5.49. The van der Waals surface area contributed by atoms with Gasteiger partial charge in [0, 0.05) is 18.7 Å². The molecule has 0 atom stereocenters. The Morgan fingerprint density at radius 1 is 1.29 bits per heavy atom. The number of nitrogens with one attached hydrogen (secondary N) is 1. The van der Waals surface area contributed by atoms with Crippen LogP contribution in [-0.4, -0.2) is 36.3 Å². The molecule has 0 spiro atoms. The van der Waals surface area contributed by atoms with Gasteiger partial charge in [0.25, 0.3) is 5.91 Å². The fourth-order valence-corrected chi connectivity index (χ4v) is 2.68. The van der Waals surface area contributed by atoms with E-state index >= 15 is 0 Å². The number of amides is 2. The van der Waals surface area contributed by atoms with Crippen molar-refractivity contribution in [2.75, 3.05) is 13.6 Å². The van der Waals surface area contributed by atoms with E-state index in [0.717, 1.165) is 31.7 Å². The predicted molar refractivity (Wildman–Crippen MR) is 78.4 cm³/mol. The summed E-state index contributed by atoms with van der Waals surface area (Å²) < 4.78 is 13.0. The van der Waals surface area contributed by atoms with Gasteiger partial charge in [-0.3, -0.25) is 9.59 Å². The predicted octanol–water partition coefficient (Wildman–Crippen LogP) is 2.35. The molecule has 4 nitrogen and oxygen atoms in total. The Morgan fingerprint density at radius 3 is 2.67 bits per heavy atom. The van der Waals surface area contributed by atoms with Crippen molar-refractivity contribution in [3.63, 3.8) is 0 Å². The Morgan fingerprint density at radius 2 is 2.00 bits per heavy atom. The Hall–Kier alpha value is -1.91. The van der Waals surface area contributed by atoms with E-state index in [1.54, 1.807) is 11.9 Å². The summed E-state index contributed by atoms with van der Waals surface area (Å²) in [5.41, 5.74) is 0.225. The number of carbonyl (C=O) groups excluding carboxylic acids is 2. The number of carbonyl (C=O) groups is 2. The highest BCUT2D eigenvalue weighted by atomic mass is 19.1. The van der Waals surface area contributed by atoms with E-state index in [9.17, 15) is 14.0 Å². The standard InChI is InChI=1S/C16H21FN2O2/c1-19(14-8-3-2-4-9-14)15(20)11-18-16(21)12-6-5-7-13(17)10-12/h5-7,10,14H,2-4,8-9,11H2,1H3,(H,18,21). The zero-order chi connectivity index (χ0) is 15.2. The molecular formula is C16H21FN2O2. The van der Waals surface area contributed by atoms with Crippen LogP contribution in [0.5, 0.6) is 0 Å². The van der Waals surface area contributed by atoms with Crippen LogP contribution < -0.4 is 5.32 Å². The van der Waals surface area contributed by atoms with E-state index < -0.39 is 11.7 Å². The number of halogens is 1. The van der Waals surface area contributed by atoms with Crippen molar-refractivity contribution in [1.29, 1.82) is 0 Å². The molecule has 0 heterocycles. The van der Waals surface area contributed by atoms with Gasteiger partial charge in [-0.15, -0.1) is 0 Å². The summed E-state index contributed by atoms with van der Waals surface area (Å²) in [6.07, 6.45) is 5.59. The van der Waals surface area contributed by atoms with Crippen LogP contribution in [0.2, 0.25) is 0 Å². The molecule has 0 unspecified atom stereocenters. The van der Waals surface area contributed by atoms with E-state index in [1.165, 1.54) is 24.6 Å². The van der Waals surface area contributed by atoms with Gasteiger partial charge in [0.05, 0.1) is 6.54 Å². The first-order valence-corrected chi connectivity index (χ1v) is 7.37. The molecule has 1 aromatic carbocycles. The van der Waals surface area contributed by atoms with Crippen molar-refractivity contribution >= 4 is 11.8 Å². The summed E-state index contributed by atoms with van der Waals surface area (Å²) >= 11 is 0. The van der Waals surface area contributed by atoms with E-state index in [1.807, 2.05) is 0 Å². The molecule has 0 radical (unpaired) electrons. The molecular weight excluding hydrogens is 271 g/mol. The van der Waals surface area contributed by atoms with Crippen LogP contribution >= 0.6 is 0 Å². The molecule has 1 aliphatic rings. The lowest BCUT2D eigenvalue weighted by Crippen LogP contribution is -2.44. The molecule has 2 amide bonds. The molecule has 114 valence electrons. The molecule has 1 saturated carbocycles. The van der Waals surface area contributed by atoms with Gasteiger partial charge in [0.15, 0.2) is 0 Å². The SMILES string of the molecule is CN(C(=O)CNC(=O)c1cccc(F)c1)C1CCCCC1. The first-order valence-electron chi connectivity index (χ1n) is 7.37. The fraction of sp³-hybridized carbons (Fsp3) is 0.500. The minimum absolute atomic E-state index is 0.0532. The van der Waals surface area contributed by atoms with Gasteiger partial charge in [-0.25, -0.2) is 4.39 Å². The topological polar surface area (TPSA) is 49.4 Å². The van der Waals surface area contributed by atoms with Gasteiger partial charge < -0.3 is 10.2 Å². The zero-order valence-corrected chi connectivity index (χ0v) is 12.3. The van der Waals surface area contributed by atoms with Gasteiger partial charge in [-0.1, -0.05) is 25.3 Å². The van der Waals surface area contributed by atoms with Crippen LogP contribution in [0.1, 0.15) is 42.5 Å². The average molecular weight is 292 g/mol. The zero-order valence-electron chi connectivity index (χ0n) is 12.3. The molecule has 1 aliphatic carbocycles. The van der Waals surface area contributed by atoms with Crippen molar-refractivity contribution < 1.29 is 14.0 Å². The maximum Gasteiger partial charge on any atom is 0.251 e. The van der Waals surface area contributed by atoms with Gasteiger partial charge in [-0.2, -0.15) is 0 Å². The summed E-state index contributed by atoms with van der Waals surface area (Å²) in [5.74, 6) is -1.00. The third kappa shape index (κ3) is 4.28. The molecule has 0 aromatic heterocycles. The van der Waals surface area contributed by atoms with E-state index in [4.69, 9.17) is 0 Å². The van der Waals surface area contributed by atoms with Crippen LogP contribution in [0.25, 0.3) is 0 Å². The number of hydrogen-bond acceptors (Lipinski definition) is 2.